The van der Waals surface area contributed by atoms with Crippen LogP contribution in [0.25, 0.3) is 21.2 Å². The minimum Gasteiger partial charge on any atom is -0.456 e. The molecule has 8 nitrogen and oxygen atoms in total. The summed E-state index contributed by atoms with van der Waals surface area (Å²) in [6.07, 6.45) is 1.68. The number of amides is 1. The first-order valence-corrected chi connectivity index (χ1v) is 14.3. The molecule has 0 aliphatic rings. The van der Waals surface area contributed by atoms with E-state index in [9.17, 15) is 18.0 Å². The minimum atomic E-state index is -3.52. The van der Waals surface area contributed by atoms with Gasteiger partial charge in [0, 0.05) is 42.0 Å². The molecule has 194 valence electrons. The molecule has 0 bridgehead atoms. The molecule has 0 fully saturated rings. The van der Waals surface area contributed by atoms with Crippen LogP contribution in [-0.2, 0) is 17.1 Å². The average molecular weight is 540 g/mol. The van der Waals surface area contributed by atoms with E-state index in [1.165, 1.54) is 4.57 Å². The van der Waals surface area contributed by atoms with Gasteiger partial charge >= 0.3 is 0 Å². The summed E-state index contributed by atoms with van der Waals surface area (Å²) in [7, 11) is -1.88. The van der Waals surface area contributed by atoms with Crippen LogP contribution in [0.3, 0.4) is 0 Å². The first kappa shape index (κ1) is 26.4. The topological polar surface area (TPSA) is 106 Å². The van der Waals surface area contributed by atoms with Crippen molar-refractivity contribution in [3.63, 3.8) is 0 Å². The highest BCUT2D eigenvalue weighted by atomic mass is 32.2. The largest absolute Gasteiger partial charge is 0.456 e. The van der Waals surface area contributed by atoms with Crippen molar-refractivity contribution >= 4 is 43.0 Å². The smallest absolute Gasteiger partial charge is 0.268 e. The number of carbonyl (C=O) groups is 1. The molecule has 2 aromatic carbocycles. The van der Waals surface area contributed by atoms with Crippen molar-refractivity contribution in [3.05, 3.63) is 75.0 Å². The molecule has 0 aliphatic carbocycles. The fourth-order valence-electron chi connectivity index (χ4n) is 4.02. The van der Waals surface area contributed by atoms with Gasteiger partial charge in [0.05, 0.1) is 10.6 Å². The first-order chi connectivity index (χ1) is 17.5. The van der Waals surface area contributed by atoms with Crippen molar-refractivity contribution in [1.82, 2.24) is 9.88 Å². The molecule has 0 spiro atoms. The fraction of sp³-hybridized carbons (Fsp3) is 0.259. The van der Waals surface area contributed by atoms with Gasteiger partial charge in [0.25, 0.3) is 11.5 Å². The van der Waals surface area contributed by atoms with Crippen LogP contribution in [0.4, 0.5) is 5.69 Å². The quantitative estimate of drug-likeness (QED) is 0.321. The number of anilines is 1. The third-order valence-corrected chi connectivity index (χ3v) is 8.39. The van der Waals surface area contributed by atoms with Gasteiger partial charge in [-0.1, -0.05) is 18.2 Å². The monoisotopic (exact) mass is 539 g/mol. The molecule has 0 radical (unpaired) electrons. The Morgan fingerprint density at radius 2 is 1.76 bits per heavy atom. The fourth-order valence-corrected chi connectivity index (χ4v) is 5.72. The van der Waals surface area contributed by atoms with E-state index < -0.39 is 10.0 Å². The Morgan fingerprint density at radius 1 is 1.05 bits per heavy atom. The zero-order valence-electron chi connectivity index (χ0n) is 21.3. The van der Waals surface area contributed by atoms with Crippen molar-refractivity contribution < 1.29 is 17.9 Å². The number of aryl methyl sites for hydroxylation is 3. The predicted octanol–water partition coefficient (Wildman–Crippen LogP) is 5.19. The Labute approximate surface area is 220 Å². The number of fused-ring (bicyclic) bond motifs is 1. The highest BCUT2D eigenvalue weighted by molar-refractivity contribution is 7.92. The summed E-state index contributed by atoms with van der Waals surface area (Å²) < 4.78 is 35.5. The summed E-state index contributed by atoms with van der Waals surface area (Å²) in [6, 6.07) is 12.6. The number of benzene rings is 2. The van der Waals surface area contributed by atoms with Gasteiger partial charge < -0.3 is 14.6 Å². The molecule has 0 unspecified atom stereocenters. The van der Waals surface area contributed by atoms with Gasteiger partial charge in [0.15, 0.2) is 0 Å². The number of nitrogens with one attached hydrogen (secondary N) is 2. The van der Waals surface area contributed by atoms with Crippen LogP contribution in [0.1, 0.15) is 34.6 Å². The van der Waals surface area contributed by atoms with E-state index in [0.717, 1.165) is 22.5 Å². The maximum absolute atomic E-state index is 13.0. The molecule has 37 heavy (non-hydrogen) atoms. The Morgan fingerprint density at radius 3 is 2.41 bits per heavy atom. The van der Waals surface area contributed by atoms with E-state index in [4.69, 9.17) is 4.74 Å². The number of para-hydroxylation sites is 1. The van der Waals surface area contributed by atoms with E-state index >= 15 is 0 Å². The molecule has 4 rings (SSSR count). The molecular formula is C27H29N3O5S2. The zero-order valence-corrected chi connectivity index (χ0v) is 23.0. The van der Waals surface area contributed by atoms with Crippen LogP contribution < -0.4 is 20.3 Å². The van der Waals surface area contributed by atoms with E-state index in [1.54, 1.807) is 44.4 Å². The van der Waals surface area contributed by atoms with Gasteiger partial charge in [-0.05, 0) is 63.1 Å². The lowest BCUT2D eigenvalue weighted by Crippen LogP contribution is -2.21. The van der Waals surface area contributed by atoms with Crippen LogP contribution in [0.2, 0.25) is 0 Å². The van der Waals surface area contributed by atoms with Gasteiger partial charge in [-0.2, -0.15) is 0 Å². The van der Waals surface area contributed by atoms with E-state index in [2.05, 4.69) is 10.0 Å². The standard InChI is InChI=1S/C27H29N3O5S2/c1-6-28-26(31)23-14-20-21(15-30(5)27(32)25(20)36-23)19-13-18(29-37(33,34)7-2)11-12-22(19)35-24-16(3)9-8-10-17(24)4/h8-15,29H,6-7H2,1-5H3,(H,28,31). The Hall–Kier alpha value is -3.63. The van der Waals surface area contributed by atoms with Gasteiger partial charge in [0.1, 0.15) is 16.2 Å². The van der Waals surface area contributed by atoms with Crippen molar-refractivity contribution in [2.75, 3.05) is 17.0 Å². The summed E-state index contributed by atoms with van der Waals surface area (Å²) in [6.45, 7) is 7.76. The number of hydrogen-bond donors (Lipinski definition) is 2. The second kappa shape index (κ2) is 10.4. The van der Waals surface area contributed by atoms with E-state index in [-0.39, 0.29) is 17.2 Å². The lowest BCUT2D eigenvalue weighted by atomic mass is 10.0. The third-order valence-electron chi connectivity index (χ3n) is 5.96. The van der Waals surface area contributed by atoms with Crippen molar-refractivity contribution in [3.8, 4) is 22.6 Å². The number of nitrogens with zero attached hydrogens (tertiary/aromatic N) is 1. The van der Waals surface area contributed by atoms with Crippen molar-refractivity contribution in [2.24, 2.45) is 7.05 Å². The third kappa shape index (κ3) is 5.40. The van der Waals surface area contributed by atoms with E-state index in [1.807, 2.05) is 39.0 Å². The molecule has 2 aromatic heterocycles. The molecule has 2 N–H and O–H groups in total. The van der Waals surface area contributed by atoms with Gasteiger partial charge in [0.2, 0.25) is 10.0 Å². The molecule has 4 aromatic rings. The number of rotatable bonds is 8. The normalized spacial score (nSPS) is 11.5. The summed E-state index contributed by atoms with van der Waals surface area (Å²) >= 11 is 1.13. The number of sulfonamides is 1. The second-order valence-electron chi connectivity index (χ2n) is 8.71. The number of pyridine rings is 1. The number of ether oxygens (including phenoxy) is 1. The van der Waals surface area contributed by atoms with Crippen molar-refractivity contribution in [2.45, 2.75) is 27.7 Å². The molecule has 0 aliphatic heterocycles. The summed E-state index contributed by atoms with van der Waals surface area (Å²) in [5.74, 6) is 0.851. The summed E-state index contributed by atoms with van der Waals surface area (Å²) in [5, 5.41) is 3.37. The Kier molecular flexibility index (Phi) is 7.42. The first-order valence-electron chi connectivity index (χ1n) is 11.8. The maximum atomic E-state index is 13.0. The predicted molar refractivity (Wildman–Crippen MR) is 150 cm³/mol. The highest BCUT2D eigenvalue weighted by Gasteiger charge is 2.20. The number of thiophene rings is 1. The van der Waals surface area contributed by atoms with Gasteiger partial charge in [-0.25, -0.2) is 8.42 Å². The Balaban J connectivity index is 1.98. The molecule has 0 atom stereocenters. The number of hydrogen-bond acceptors (Lipinski definition) is 6. The molecule has 1 amide bonds. The van der Waals surface area contributed by atoms with Crippen molar-refractivity contribution in [1.29, 1.82) is 0 Å². The maximum Gasteiger partial charge on any atom is 0.268 e. The van der Waals surface area contributed by atoms with Crippen LogP contribution in [-0.4, -0.2) is 31.2 Å². The second-order valence-corrected chi connectivity index (χ2v) is 11.8. The highest BCUT2D eigenvalue weighted by Crippen LogP contribution is 2.41. The van der Waals surface area contributed by atoms with Crippen LogP contribution in [0.15, 0.2) is 53.5 Å². The SMILES string of the molecule is CCNC(=O)c1cc2c(-c3cc(NS(=O)(=O)CC)ccc3Oc3c(C)cccc3C)cn(C)c(=O)c2s1. The minimum absolute atomic E-state index is 0.0759. The molecular weight excluding hydrogens is 510 g/mol. The number of carbonyl (C=O) groups excluding carboxylic acids is 1. The van der Waals surface area contributed by atoms with Gasteiger partial charge in [-0.3, -0.25) is 14.3 Å². The van der Waals surface area contributed by atoms with Crippen LogP contribution >= 0.6 is 11.3 Å². The molecule has 0 saturated carbocycles. The Bertz CT molecular complexity index is 1650. The number of aromatic nitrogens is 1. The lowest BCUT2D eigenvalue weighted by Gasteiger charge is -2.17. The van der Waals surface area contributed by atoms with E-state index in [0.29, 0.717) is 49.8 Å². The summed E-state index contributed by atoms with van der Waals surface area (Å²) in [4.78, 5) is 26.0. The lowest BCUT2D eigenvalue weighted by molar-refractivity contribution is 0.0960. The summed E-state index contributed by atoms with van der Waals surface area (Å²) in [5.41, 5.74) is 3.26. The van der Waals surface area contributed by atoms with Crippen LogP contribution in [0.5, 0.6) is 11.5 Å². The molecule has 2 heterocycles. The average Bonchev–Trinajstić information content (AvgIpc) is 3.30. The van der Waals surface area contributed by atoms with Crippen LogP contribution in [0, 0.1) is 13.8 Å². The molecule has 0 saturated heterocycles. The zero-order chi connectivity index (χ0) is 26.9. The van der Waals surface area contributed by atoms with Gasteiger partial charge in [-0.15, -0.1) is 11.3 Å². The molecule has 10 heteroatoms.